The van der Waals surface area contributed by atoms with E-state index in [0.29, 0.717) is 51.1 Å². The van der Waals surface area contributed by atoms with E-state index in [1.807, 2.05) is 30.0 Å². The van der Waals surface area contributed by atoms with Gasteiger partial charge >= 0.3 is 0 Å². The molecule has 3 saturated heterocycles. The highest BCUT2D eigenvalue weighted by Gasteiger charge is 2.32. The molecule has 0 saturated carbocycles. The number of nitrogens with zero attached hydrogens (tertiary/aromatic N) is 3. The van der Waals surface area contributed by atoms with Crippen molar-refractivity contribution in [2.24, 2.45) is 10.7 Å². The van der Waals surface area contributed by atoms with Crippen LogP contribution >= 0.6 is 0 Å². The van der Waals surface area contributed by atoms with E-state index in [4.69, 9.17) is 19.9 Å². The molecule has 3 aliphatic heterocycles. The molecule has 202 valence electrons. The topological polar surface area (TPSA) is 102 Å². The molecule has 4 rings (SSSR count). The molecule has 37 heavy (non-hydrogen) atoms. The highest BCUT2D eigenvalue weighted by Crippen LogP contribution is 2.28. The molecule has 1 aromatic rings. The Labute approximate surface area is 220 Å². The highest BCUT2D eigenvalue weighted by molar-refractivity contribution is 5.95. The molecule has 3 atom stereocenters. The molecule has 1 amide bonds. The SMILES string of the molecule is C=C(/C(C)=C(\N=C/N)C(=O)N1CCC(NC2CCOCC2OC)CC1)N1CCOC(c2ccccc2)C1. The molecule has 0 bridgehead atoms. The first-order chi connectivity index (χ1) is 18.0. The quantitative estimate of drug-likeness (QED) is 0.239. The molecule has 1 aromatic carbocycles. The number of nitrogens with one attached hydrogen (secondary N) is 1. The second kappa shape index (κ2) is 13.2. The average Bonchev–Trinajstić information content (AvgIpc) is 2.96. The summed E-state index contributed by atoms with van der Waals surface area (Å²) in [5, 5.41) is 3.74. The number of hydrogen-bond donors (Lipinski definition) is 2. The molecular weight excluding hydrogens is 470 g/mol. The van der Waals surface area contributed by atoms with Gasteiger partial charge < -0.3 is 35.1 Å². The van der Waals surface area contributed by atoms with Gasteiger partial charge in [-0.3, -0.25) is 4.79 Å². The van der Waals surface area contributed by atoms with E-state index in [2.05, 4.69) is 33.9 Å². The van der Waals surface area contributed by atoms with Crippen LogP contribution in [0.3, 0.4) is 0 Å². The number of piperidine rings is 1. The summed E-state index contributed by atoms with van der Waals surface area (Å²) in [6, 6.07) is 10.8. The van der Waals surface area contributed by atoms with Gasteiger partial charge in [0.15, 0.2) is 0 Å². The first-order valence-corrected chi connectivity index (χ1v) is 13.2. The van der Waals surface area contributed by atoms with Crippen LogP contribution in [-0.4, -0.2) is 93.3 Å². The fraction of sp³-hybridized carbons (Fsp3) is 0.571. The van der Waals surface area contributed by atoms with E-state index >= 15 is 0 Å². The standard InChI is InChI=1S/C28H41N5O4/c1-20(21(2)33-14-16-37-25(17-33)22-7-5-4-6-8-22)27(30-19-29)28(34)32-12-9-23(10-13-32)31-24-11-15-36-18-26(24)35-3/h4-8,19,23-26,31H,2,9-18H2,1,3H3,(H2,29,30)/b27-20-. The third kappa shape index (κ3) is 6.78. The number of allylic oxidation sites excluding steroid dienone is 1. The van der Waals surface area contributed by atoms with Crippen LogP contribution in [-0.2, 0) is 19.0 Å². The predicted octanol–water partition coefficient (Wildman–Crippen LogP) is 2.22. The second-order valence-corrected chi connectivity index (χ2v) is 9.89. The van der Waals surface area contributed by atoms with Gasteiger partial charge in [0.2, 0.25) is 0 Å². The maximum atomic E-state index is 13.6. The second-order valence-electron chi connectivity index (χ2n) is 9.89. The fourth-order valence-electron chi connectivity index (χ4n) is 5.36. The lowest BCUT2D eigenvalue weighted by Gasteiger charge is -2.38. The van der Waals surface area contributed by atoms with Crippen LogP contribution < -0.4 is 11.1 Å². The van der Waals surface area contributed by atoms with E-state index in [0.717, 1.165) is 42.7 Å². The summed E-state index contributed by atoms with van der Waals surface area (Å²) in [6.45, 7) is 10.9. The summed E-state index contributed by atoms with van der Waals surface area (Å²) in [7, 11) is 1.73. The summed E-state index contributed by atoms with van der Waals surface area (Å²) in [4.78, 5) is 21.9. The number of amides is 1. The van der Waals surface area contributed by atoms with Crippen molar-refractivity contribution in [2.75, 3.05) is 53.1 Å². The Morgan fingerprint density at radius 1 is 1.16 bits per heavy atom. The number of rotatable bonds is 8. The lowest BCUT2D eigenvalue weighted by Crippen LogP contribution is -2.54. The summed E-state index contributed by atoms with van der Waals surface area (Å²) in [5.74, 6) is -0.104. The van der Waals surface area contributed by atoms with Crippen LogP contribution in [0.1, 0.15) is 37.9 Å². The molecule has 0 aliphatic carbocycles. The summed E-state index contributed by atoms with van der Waals surface area (Å²) >= 11 is 0. The van der Waals surface area contributed by atoms with Crippen LogP contribution in [0.2, 0.25) is 0 Å². The van der Waals surface area contributed by atoms with Crippen molar-refractivity contribution in [3.63, 3.8) is 0 Å². The lowest BCUT2D eigenvalue weighted by molar-refractivity contribution is -0.128. The number of carbonyl (C=O) groups excluding carboxylic acids is 1. The van der Waals surface area contributed by atoms with Crippen molar-refractivity contribution < 1.29 is 19.0 Å². The van der Waals surface area contributed by atoms with E-state index in [1.54, 1.807) is 7.11 Å². The minimum absolute atomic E-state index is 0.0448. The maximum absolute atomic E-state index is 13.6. The molecular formula is C28H41N5O4. The van der Waals surface area contributed by atoms with Crippen molar-refractivity contribution in [3.8, 4) is 0 Å². The molecule has 3 unspecified atom stereocenters. The molecule has 3 aliphatic rings. The first kappa shape index (κ1) is 27.3. The fourth-order valence-corrected chi connectivity index (χ4v) is 5.36. The number of nitrogens with two attached hydrogens (primary N) is 1. The Bertz CT molecular complexity index is 974. The van der Waals surface area contributed by atoms with Crippen molar-refractivity contribution in [1.29, 1.82) is 0 Å². The van der Waals surface area contributed by atoms with Gasteiger partial charge in [0.1, 0.15) is 11.8 Å². The number of hydrogen-bond acceptors (Lipinski definition) is 7. The van der Waals surface area contributed by atoms with E-state index in [1.165, 1.54) is 6.34 Å². The summed E-state index contributed by atoms with van der Waals surface area (Å²) in [5.41, 5.74) is 8.67. The monoisotopic (exact) mass is 511 g/mol. The number of ether oxygens (including phenoxy) is 3. The Kier molecular flexibility index (Phi) is 9.74. The van der Waals surface area contributed by atoms with Gasteiger partial charge in [0, 0.05) is 63.2 Å². The zero-order chi connectivity index (χ0) is 26.2. The minimum Gasteiger partial charge on any atom is -0.390 e. The van der Waals surface area contributed by atoms with Crippen LogP contribution in [0, 0.1) is 0 Å². The van der Waals surface area contributed by atoms with Gasteiger partial charge in [-0.05, 0) is 31.7 Å². The largest absolute Gasteiger partial charge is 0.390 e. The number of carbonyl (C=O) groups is 1. The molecule has 3 N–H and O–H groups in total. The molecule has 9 heteroatoms. The number of methoxy groups -OCH3 is 1. The van der Waals surface area contributed by atoms with Crippen LogP contribution in [0.15, 0.2) is 58.9 Å². The maximum Gasteiger partial charge on any atom is 0.272 e. The summed E-state index contributed by atoms with van der Waals surface area (Å²) in [6.07, 6.45) is 3.90. The van der Waals surface area contributed by atoms with Crippen molar-refractivity contribution in [3.05, 3.63) is 59.4 Å². The van der Waals surface area contributed by atoms with Crippen LogP contribution in [0.25, 0.3) is 0 Å². The Balaban J connectivity index is 1.38. The van der Waals surface area contributed by atoms with Gasteiger partial charge in [-0.15, -0.1) is 0 Å². The van der Waals surface area contributed by atoms with Gasteiger partial charge in [0.25, 0.3) is 5.91 Å². The van der Waals surface area contributed by atoms with Crippen molar-refractivity contribution in [2.45, 2.75) is 50.5 Å². The smallest absolute Gasteiger partial charge is 0.272 e. The van der Waals surface area contributed by atoms with Gasteiger partial charge in [0.05, 0.1) is 25.7 Å². The third-order valence-corrected chi connectivity index (χ3v) is 7.65. The Hall–Kier alpha value is -2.72. The van der Waals surface area contributed by atoms with E-state index in [9.17, 15) is 4.79 Å². The highest BCUT2D eigenvalue weighted by atomic mass is 16.5. The molecule has 3 heterocycles. The van der Waals surface area contributed by atoms with Gasteiger partial charge in [-0.2, -0.15) is 0 Å². The Morgan fingerprint density at radius 2 is 1.92 bits per heavy atom. The molecule has 0 aromatic heterocycles. The normalized spacial score (nSPS) is 26.3. The third-order valence-electron chi connectivity index (χ3n) is 7.65. The lowest BCUT2D eigenvalue weighted by atomic mass is 9.99. The van der Waals surface area contributed by atoms with E-state index < -0.39 is 0 Å². The van der Waals surface area contributed by atoms with Crippen LogP contribution in [0.4, 0.5) is 0 Å². The zero-order valence-electron chi connectivity index (χ0n) is 22.1. The van der Waals surface area contributed by atoms with E-state index in [-0.39, 0.29) is 24.2 Å². The molecule has 9 nitrogen and oxygen atoms in total. The molecule has 0 spiro atoms. The first-order valence-electron chi connectivity index (χ1n) is 13.2. The zero-order valence-corrected chi connectivity index (χ0v) is 22.1. The van der Waals surface area contributed by atoms with Crippen molar-refractivity contribution >= 4 is 12.2 Å². The molecule has 0 radical (unpaired) electrons. The minimum atomic E-state index is -0.104. The Morgan fingerprint density at radius 3 is 2.62 bits per heavy atom. The number of likely N-dealkylation sites (tertiary alicyclic amines) is 1. The van der Waals surface area contributed by atoms with Crippen LogP contribution in [0.5, 0.6) is 0 Å². The summed E-state index contributed by atoms with van der Waals surface area (Å²) < 4.78 is 17.1. The van der Waals surface area contributed by atoms with Crippen molar-refractivity contribution in [1.82, 2.24) is 15.1 Å². The van der Waals surface area contributed by atoms with Gasteiger partial charge in [-0.1, -0.05) is 36.9 Å². The van der Waals surface area contributed by atoms with Gasteiger partial charge in [-0.25, -0.2) is 4.99 Å². The molecule has 3 fully saturated rings. The predicted molar refractivity (Wildman–Crippen MR) is 144 cm³/mol. The number of aliphatic imine (C=N–C) groups is 1. The average molecular weight is 512 g/mol. The number of morpholine rings is 1. The number of benzene rings is 1.